The van der Waals surface area contributed by atoms with Crippen LogP contribution in [0.2, 0.25) is 0 Å². The summed E-state index contributed by atoms with van der Waals surface area (Å²) in [6.07, 6.45) is 2.15. The average molecular weight is 285 g/mol. The molecule has 0 spiro atoms. The zero-order valence-electron chi connectivity index (χ0n) is 13.9. The predicted molar refractivity (Wildman–Crippen MR) is 88.6 cm³/mol. The van der Waals surface area contributed by atoms with Gasteiger partial charge in [-0.15, -0.1) is 0 Å². The van der Waals surface area contributed by atoms with E-state index in [0.717, 1.165) is 25.1 Å². The van der Waals surface area contributed by atoms with Crippen molar-refractivity contribution >= 4 is 0 Å². The zero-order chi connectivity index (χ0) is 15.4. The third kappa shape index (κ3) is 3.94. The molecule has 0 aliphatic carbocycles. The molecular weight excluding hydrogens is 258 g/mol. The summed E-state index contributed by atoms with van der Waals surface area (Å²) in [5, 5.41) is 8.17. The monoisotopic (exact) mass is 285 g/mol. The van der Waals surface area contributed by atoms with Crippen LogP contribution in [0.3, 0.4) is 0 Å². The van der Waals surface area contributed by atoms with Gasteiger partial charge in [-0.3, -0.25) is 4.68 Å². The molecule has 0 saturated carbocycles. The number of aromatic nitrogens is 2. The number of aryl methyl sites for hydroxylation is 4. The summed E-state index contributed by atoms with van der Waals surface area (Å²) >= 11 is 0. The van der Waals surface area contributed by atoms with Crippen LogP contribution < -0.4 is 5.32 Å². The lowest BCUT2D eigenvalue weighted by atomic mass is 9.97. The fourth-order valence-corrected chi connectivity index (χ4v) is 2.80. The van der Waals surface area contributed by atoms with Crippen LogP contribution in [-0.2, 0) is 13.5 Å². The highest BCUT2D eigenvalue weighted by Gasteiger charge is 2.17. The van der Waals surface area contributed by atoms with Gasteiger partial charge in [-0.1, -0.05) is 30.7 Å². The second kappa shape index (κ2) is 6.90. The van der Waals surface area contributed by atoms with Crippen molar-refractivity contribution in [3.05, 3.63) is 52.3 Å². The fourth-order valence-electron chi connectivity index (χ4n) is 2.80. The van der Waals surface area contributed by atoms with Crippen molar-refractivity contribution in [2.24, 2.45) is 7.05 Å². The lowest BCUT2D eigenvalue weighted by Gasteiger charge is -2.20. The molecule has 0 amide bonds. The minimum Gasteiger partial charge on any atom is -0.308 e. The molecule has 0 radical (unpaired) electrons. The maximum atomic E-state index is 4.50. The second-order valence-electron chi connectivity index (χ2n) is 5.97. The molecule has 1 atom stereocenters. The molecule has 114 valence electrons. The third-order valence-electron chi connectivity index (χ3n) is 3.96. The van der Waals surface area contributed by atoms with Gasteiger partial charge in [-0.05, 0) is 57.4 Å². The maximum Gasteiger partial charge on any atom is 0.0597 e. The first-order valence-electron chi connectivity index (χ1n) is 7.81. The molecular formula is C18H27N3. The van der Waals surface area contributed by atoms with Crippen LogP contribution in [0.15, 0.2) is 24.3 Å². The van der Waals surface area contributed by atoms with Gasteiger partial charge in [0.2, 0.25) is 0 Å². The number of nitrogens with zero attached hydrogens (tertiary/aromatic N) is 2. The van der Waals surface area contributed by atoms with Crippen molar-refractivity contribution in [2.45, 2.75) is 46.6 Å². The Morgan fingerprint density at radius 3 is 2.57 bits per heavy atom. The molecule has 2 rings (SSSR count). The van der Waals surface area contributed by atoms with Gasteiger partial charge in [0.25, 0.3) is 0 Å². The third-order valence-corrected chi connectivity index (χ3v) is 3.96. The van der Waals surface area contributed by atoms with E-state index in [9.17, 15) is 0 Å². The highest BCUT2D eigenvalue weighted by molar-refractivity contribution is 5.32. The second-order valence-corrected chi connectivity index (χ2v) is 5.97. The van der Waals surface area contributed by atoms with Crippen LogP contribution in [0.1, 0.15) is 47.5 Å². The van der Waals surface area contributed by atoms with Crippen molar-refractivity contribution in [3.8, 4) is 0 Å². The predicted octanol–water partition coefficient (Wildman–Crippen LogP) is 3.63. The Balaban J connectivity index is 2.28. The number of rotatable bonds is 6. The van der Waals surface area contributed by atoms with Crippen molar-refractivity contribution in [3.63, 3.8) is 0 Å². The highest BCUT2D eigenvalue weighted by atomic mass is 15.3. The summed E-state index contributed by atoms with van der Waals surface area (Å²) < 4.78 is 2.01. The molecule has 1 aromatic carbocycles. The molecule has 3 nitrogen and oxygen atoms in total. The van der Waals surface area contributed by atoms with E-state index in [-0.39, 0.29) is 0 Å². The van der Waals surface area contributed by atoms with E-state index in [1.165, 1.54) is 22.4 Å². The molecule has 0 aliphatic rings. The molecule has 0 aliphatic heterocycles. The minimum atomic E-state index is 0.316. The quantitative estimate of drug-likeness (QED) is 0.878. The topological polar surface area (TPSA) is 29.9 Å². The SMILES string of the molecule is CCCNC(Cc1cc(C)ccc1C)c1cc(C)nn1C. The molecule has 0 bridgehead atoms. The van der Waals surface area contributed by atoms with Gasteiger partial charge in [0.1, 0.15) is 0 Å². The molecule has 0 saturated heterocycles. The van der Waals surface area contributed by atoms with E-state index >= 15 is 0 Å². The highest BCUT2D eigenvalue weighted by Crippen LogP contribution is 2.22. The number of hydrogen-bond donors (Lipinski definition) is 1. The Labute approximate surface area is 128 Å². The van der Waals surface area contributed by atoms with Crippen LogP contribution in [0.4, 0.5) is 0 Å². The summed E-state index contributed by atoms with van der Waals surface area (Å²) in [5.74, 6) is 0. The fraction of sp³-hybridized carbons (Fsp3) is 0.500. The number of nitrogens with one attached hydrogen (secondary N) is 1. The first-order chi connectivity index (χ1) is 10.0. The van der Waals surface area contributed by atoms with Gasteiger partial charge < -0.3 is 5.32 Å². The summed E-state index contributed by atoms with van der Waals surface area (Å²) in [5.41, 5.74) is 6.45. The van der Waals surface area contributed by atoms with Gasteiger partial charge in [-0.2, -0.15) is 5.10 Å². The smallest absolute Gasteiger partial charge is 0.0597 e. The van der Waals surface area contributed by atoms with Crippen LogP contribution in [0.5, 0.6) is 0 Å². The Kier molecular flexibility index (Phi) is 5.18. The maximum absolute atomic E-state index is 4.50. The molecule has 1 aromatic heterocycles. The summed E-state index contributed by atoms with van der Waals surface area (Å²) in [6.45, 7) is 9.64. The molecule has 1 unspecified atom stereocenters. The lowest BCUT2D eigenvalue weighted by Crippen LogP contribution is -2.26. The van der Waals surface area contributed by atoms with Gasteiger partial charge in [0, 0.05) is 7.05 Å². The normalized spacial score (nSPS) is 12.6. The molecule has 0 fully saturated rings. The van der Waals surface area contributed by atoms with E-state index < -0.39 is 0 Å². The van der Waals surface area contributed by atoms with Gasteiger partial charge in [0.05, 0.1) is 17.4 Å². The van der Waals surface area contributed by atoms with Crippen molar-refractivity contribution in [2.75, 3.05) is 6.54 Å². The largest absolute Gasteiger partial charge is 0.308 e. The molecule has 1 N–H and O–H groups in total. The van der Waals surface area contributed by atoms with Gasteiger partial charge >= 0.3 is 0 Å². The van der Waals surface area contributed by atoms with Crippen LogP contribution in [0.25, 0.3) is 0 Å². The summed E-state index contributed by atoms with van der Waals surface area (Å²) in [6, 6.07) is 9.21. The van der Waals surface area contributed by atoms with Crippen LogP contribution >= 0.6 is 0 Å². The standard InChI is InChI=1S/C18H27N3/c1-6-9-19-17(18-11-15(4)20-21(18)5)12-16-10-13(2)7-8-14(16)3/h7-8,10-11,17,19H,6,9,12H2,1-5H3. The Bertz CT molecular complexity index is 599. The van der Waals surface area contributed by atoms with Crippen LogP contribution in [-0.4, -0.2) is 16.3 Å². The molecule has 21 heavy (non-hydrogen) atoms. The minimum absolute atomic E-state index is 0.316. The summed E-state index contributed by atoms with van der Waals surface area (Å²) in [7, 11) is 2.03. The van der Waals surface area contributed by atoms with E-state index in [2.05, 4.69) is 62.4 Å². The van der Waals surface area contributed by atoms with Crippen LogP contribution in [0, 0.1) is 20.8 Å². The van der Waals surface area contributed by atoms with Crippen molar-refractivity contribution in [1.29, 1.82) is 0 Å². The van der Waals surface area contributed by atoms with E-state index in [0.29, 0.717) is 6.04 Å². The molecule has 2 aromatic rings. The van der Waals surface area contributed by atoms with Crippen molar-refractivity contribution < 1.29 is 0 Å². The Morgan fingerprint density at radius 2 is 1.95 bits per heavy atom. The Hall–Kier alpha value is -1.61. The van der Waals surface area contributed by atoms with Gasteiger partial charge in [0.15, 0.2) is 0 Å². The Morgan fingerprint density at radius 1 is 1.19 bits per heavy atom. The number of benzene rings is 1. The summed E-state index contributed by atoms with van der Waals surface area (Å²) in [4.78, 5) is 0. The van der Waals surface area contributed by atoms with Crippen molar-refractivity contribution in [1.82, 2.24) is 15.1 Å². The first kappa shape index (κ1) is 15.8. The average Bonchev–Trinajstić information content (AvgIpc) is 2.77. The zero-order valence-corrected chi connectivity index (χ0v) is 13.9. The molecule has 3 heteroatoms. The molecule has 1 heterocycles. The van der Waals surface area contributed by atoms with E-state index in [1.807, 2.05) is 11.7 Å². The first-order valence-corrected chi connectivity index (χ1v) is 7.81. The van der Waals surface area contributed by atoms with E-state index in [4.69, 9.17) is 0 Å². The number of hydrogen-bond acceptors (Lipinski definition) is 2. The lowest BCUT2D eigenvalue weighted by molar-refractivity contribution is 0.492. The van der Waals surface area contributed by atoms with E-state index in [1.54, 1.807) is 0 Å². The van der Waals surface area contributed by atoms with Gasteiger partial charge in [-0.25, -0.2) is 0 Å².